The monoisotopic (exact) mass is 322 g/mol. The molecule has 1 aliphatic heterocycles. The molecule has 124 valence electrons. The second-order valence-corrected chi connectivity index (χ2v) is 5.84. The van der Waals surface area contributed by atoms with Crippen LogP contribution in [0.3, 0.4) is 0 Å². The van der Waals surface area contributed by atoms with Gasteiger partial charge < -0.3 is 5.32 Å². The highest BCUT2D eigenvalue weighted by molar-refractivity contribution is 5.61. The van der Waals surface area contributed by atoms with Crippen molar-refractivity contribution in [3.63, 3.8) is 0 Å². The Balaban J connectivity index is 1.74. The first-order chi connectivity index (χ1) is 11.1. The Bertz CT molecular complexity index is 648. The van der Waals surface area contributed by atoms with E-state index in [2.05, 4.69) is 32.6 Å². The fraction of sp³-hybridized carbons (Fsp3) is 0.533. The van der Waals surface area contributed by atoms with Crippen LogP contribution in [0.5, 0.6) is 0 Å². The van der Waals surface area contributed by atoms with Gasteiger partial charge in [-0.1, -0.05) is 0 Å². The van der Waals surface area contributed by atoms with Crippen LogP contribution in [0.2, 0.25) is 0 Å². The minimum Gasteiger partial charge on any atom is -0.315 e. The van der Waals surface area contributed by atoms with Gasteiger partial charge in [0.25, 0.3) is 6.43 Å². The van der Waals surface area contributed by atoms with E-state index in [0.29, 0.717) is 23.8 Å². The Hall–Kier alpha value is -1.93. The number of aryl methyl sites for hydroxylation is 1. The topological polar surface area (TPSA) is 58.9 Å². The number of hydrogen-bond acceptors (Lipinski definition) is 5. The normalized spacial score (nSPS) is 18.3. The zero-order valence-corrected chi connectivity index (χ0v) is 13.2. The third-order valence-corrected chi connectivity index (χ3v) is 4.26. The standard InChI is InChI=1S/C15H20F2N6/c1-22(11-5-6-18-7-11)9-10-3-4-13(21-20-10)12-8-19-23(2)14(12)15(16)17/h3-4,8,11,15,18H,5-7,9H2,1-2H3. The summed E-state index contributed by atoms with van der Waals surface area (Å²) in [5, 5.41) is 15.5. The SMILES string of the molecule is CN(Cc1ccc(-c2cnn(C)c2C(F)F)nn1)C1CCNC1. The Labute approximate surface area is 133 Å². The number of aromatic nitrogens is 4. The molecule has 1 fully saturated rings. The third kappa shape index (κ3) is 3.37. The molecule has 3 heterocycles. The molecule has 1 aliphatic rings. The molecule has 0 bridgehead atoms. The minimum absolute atomic E-state index is 0.138. The van der Waals surface area contributed by atoms with Crippen LogP contribution in [0.15, 0.2) is 18.3 Å². The lowest BCUT2D eigenvalue weighted by molar-refractivity contribution is 0.141. The molecule has 2 aromatic heterocycles. The quantitative estimate of drug-likeness (QED) is 0.906. The van der Waals surface area contributed by atoms with Gasteiger partial charge in [-0.15, -0.1) is 0 Å². The maximum Gasteiger partial charge on any atom is 0.280 e. The van der Waals surface area contributed by atoms with E-state index in [0.717, 1.165) is 25.2 Å². The molecule has 0 spiro atoms. The Morgan fingerprint density at radius 3 is 2.83 bits per heavy atom. The highest BCUT2D eigenvalue weighted by Crippen LogP contribution is 2.29. The summed E-state index contributed by atoms with van der Waals surface area (Å²) in [7, 11) is 3.56. The van der Waals surface area contributed by atoms with Crippen molar-refractivity contribution in [1.82, 2.24) is 30.2 Å². The fourth-order valence-corrected chi connectivity index (χ4v) is 2.89. The van der Waals surface area contributed by atoms with Crippen molar-refractivity contribution in [3.8, 4) is 11.3 Å². The molecule has 3 rings (SSSR count). The van der Waals surface area contributed by atoms with Gasteiger partial charge in [0, 0.05) is 31.7 Å². The number of nitrogens with one attached hydrogen (secondary N) is 1. The van der Waals surface area contributed by atoms with Gasteiger partial charge in [-0.05, 0) is 32.1 Å². The van der Waals surface area contributed by atoms with Crippen molar-refractivity contribution in [2.45, 2.75) is 25.4 Å². The van der Waals surface area contributed by atoms with E-state index in [1.54, 1.807) is 6.07 Å². The molecule has 2 aromatic rings. The summed E-state index contributed by atoms with van der Waals surface area (Å²) < 4.78 is 27.4. The largest absolute Gasteiger partial charge is 0.315 e. The fourth-order valence-electron chi connectivity index (χ4n) is 2.89. The molecule has 0 amide bonds. The predicted octanol–water partition coefficient (Wildman–Crippen LogP) is 1.61. The maximum atomic E-state index is 13.1. The van der Waals surface area contributed by atoms with Gasteiger partial charge in [-0.25, -0.2) is 8.78 Å². The van der Waals surface area contributed by atoms with E-state index >= 15 is 0 Å². The smallest absolute Gasteiger partial charge is 0.280 e. The molecule has 1 atom stereocenters. The molecular formula is C15H20F2N6. The lowest BCUT2D eigenvalue weighted by Gasteiger charge is -2.22. The Kier molecular flexibility index (Phi) is 4.63. The van der Waals surface area contributed by atoms with Gasteiger partial charge in [0.15, 0.2) is 0 Å². The average molecular weight is 322 g/mol. The van der Waals surface area contributed by atoms with Crippen LogP contribution < -0.4 is 5.32 Å². The lowest BCUT2D eigenvalue weighted by Crippen LogP contribution is -2.33. The van der Waals surface area contributed by atoms with Crippen LogP contribution in [0.1, 0.15) is 24.2 Å². The molecule has 0 radical (unpaired) electrons. The van der Waals surface area contributed by atoms with Gasteiger partial charge in [0.05, 0.1) is 17.6 Å². The van der Waals surface area contributed by atoms with Crippen LogP contribution in [-0.2, 0) is 13.6 Å². The van der Waals surface area contributed by atoms with Gasteiger partial charge in [0.1, 0.15) is 5.69 Å². The molecular weight excluding hydrogens is 302 g/mol. The predicted molar refractivity (Wildman–Crippen MR) is 81.9 cm³/mol. The van der Waals surface area contributed by atoms with Gasteiger partial charge >= 0.3 is 0 Å². The maximum absolute atomic E-state index is 13.1. The summed E-state index contributed by atoms with van der Waals surface area (Å²) in [4.78, 5) is 2.23. The number of hydrogen-bond donors (Lipinski definition) is 1. The molecule has 1 saturated heterocycles. The van der Waals surface area contributed by atoms with Gasteiger partial charge in [0.2, 0.25) is 0 Å². The first-order valence-corrected chi connectivity index (χ1v) is 7.60. The van der Waals surface area contributed by atoms with Crippen LogP contribution in [0, 0.1) is 0 Å². The highest BCUT2D eigenvalue weighted by atomic mass is 19.3. The van der Waals surface area contributed by atoms with E-state index < -0.39 is 6.43 Å². The van der Waals surface area contributed by atoms with E-state index in [1.807, 2.05) is 6.07 Å². The number of alkyl halides is 2. The summed E-state index contributed by atoms with van der Waals surface area (Å²) in [5.41, 5.74) is 1.43. The van der Waals surface area contributed by atoms with Gasteiger partial charge in [-0.2, -0.15) is 15.3 Å². The molecule has 8 heteroatoms. The molecule has 23 heavy (non-hydrogen) atoms. The van der Waals surface area contributed by atoms with Crippen molar-refractivity contribution in [2.24, 2.45) is 7.05 Å². The number of rotatable bonds is 5. The summed E-state index contributed by atoms with van der Waals surface area (Å²) >= 11 is 0. The van der Waals surface area contributed by atoms with Crippen molar-refractivity contribution in [2.75, 3.05) is 20.1 Å². The van der Waals surface area contributed by atoms with E-state index in [-0.39, 0.29) is 5.69 Å². The molecule has 1 N–H and O–H groups in total. The summed E-state index contributed by atoms with van der Waals surface area (Å²) in [6.07, 6.45) is -0.0725. The number of halogens is 2. The van der Waals surface area contributed by atoms with Crippen molar-refractivity contribution >= 4 is 0 Å². The van der Waals surface area contributed by atoms with Crippen molar-refractivity contribution < 1.29 is 8.78 Å². The van der Waals surface area contributed by atoms with E-state index in [1.165, 1.54) is 17.9 Å². The molecule has 6 nitrogen and oxygen atoms in total. The van der Waals surface area contributed by atoms with E-state index in [4.69, 9.17) is 0 Å². The third-order valence-electron chi connectivity index (χ3n) is 4.26. The summed E-state index contributed by atoms with van der Waals surface area (Å²) in [5.74, 6) is 0. The first-order valence-electron chi connectivity index (χ1n) is 7.60. The van der Waals surface area contributed by atoms with Crippen molar-refractivity contribution in [1.29, 1.82) is 0 Å². The molecule has 1 unspecified atom stereocenters. The van der Waals surface area contributed by atoms with Crippen LogP contribution in [0.4, 0.5) is 8.78 Å². The Morgan fingerprint density at radius 1 is 1.39 bits per heavy atom. The van der Waals surface area contributed by atoms with Crippen LogP contribution in [0.25, 0.3) is 11.3 Å². The average Bonchev–Trinajstić information content (AvgIpc) is 3.17. The second kappa shape index (κ2) is 6.67. The lowest BCUT2D eigenvalue weighted by atomic mass is 10.1. The zero-order valence-electron chi connectivity index (χ0n) is 13.2. The van der Waals surface area contributed by atoms with Gasteiger partial charge in [-0.3, -0.25) is 9.58 Å². The van der Waals surface area contributed by atoms with Crippen LogP contribution >= 0.6 is 0 Å². The number of nitrogens with zero attached hydrogens (tertiary/aromatic N) is 5. The Morgan fingerprint density at radius 2 is 2.22 bits per heavy atom. The molecule has 0 aromatic carbocycles. The van der Waals surface area contributed by atoms with Crippen molar-refractivity contribution in [3.05, 3.63) is 29.7 Å². The second-order valence-electron chi connectivity index (χ2n) is 5.84. The number of likely N-dealkylation sites (N-methyl/N-ethyl adjacent to an activating group) is 1. The molecule has 0 saturated carbocycles. The van der Waals surface area contributed by atoms with Crippen LogP contribution in [-0.4, -0.2) is 51.1 Å². The zero-order chi connectivity index (χ0) is 16.4. The minimum atomic E-state index is -2.60. The first kappa shape index (κ1) is 15.9. The summed E-state index contributed by atoms with van der Waals surface area (Å²) in [6, 6.07) is 4.07. The molecule has 0 aliphatic carbocycles. The van der Waals surface area contributed by atoms with E-state index in [9.17, 15) is 8.78 Å². The summed E-state index contributed by atoms with van der Waals surface area (Å²) in [6.45, 7) is 2.71. The highest BCUT2D eigenvalue weighted by Gasteiger charge is 2.22.